The Kier molecular flexibility index (Phi) is 5.28. The van der Waals surface area contributed by atoms with E-state index in [0.29, 0.717) is 13.0 Å². The molecule has 2 N–H and O–H groups in total. The zero-order chi connectivity index (χ0) is 14.6. The van der Waals surface area contributed by atoms with Crippen molar-refractivity contribution in [1.82, 2.24) is 9.71 Å². The molecule has 0 aliphatic carbocycles. The van der Waals surface area contributed by atoms with Crippen LogP contribution in [0.15, 0.2) is 27.9 Å². The second-order valence-corrected chi connectivity index (χ2v) is 8.41. The van der Waals surface area contributed by atoms with E-state index in [4.69, 9.17) is 5.11 Å². The van der Waals surface area contributed by atoms with Gasteiger partial charge in [-0.15, -0.1) is 22.7 Å². The van der Waals surface area contributed by atoms with Crippen molar-refractivity contribution < 1.29 is 13.5 Å². The molecule has 2 heterocycles. The molecule has 0 fully saturated rings. The van der Waals surface area contributed by atoms with Crippen LogP contribution in [0.4, 0.5) is 0 Å². The van der Waals surface area contributed by atoms with Gasteiger partial charge in [-0.25, -0.2) is 18.1 Å². The summed E-state index contributed by atoms with van der Waals surface area (Å²) in [7, 11) is -3.48. The summed E-state index contributed by atoms with van der Waals surface area (Å²) < 4.78 is 27.2. The first-order valence-electron chi connectivity index (χ1n) is 6.11. The molecular formula is C12H16N2O3S3. The first kappa shape index (κ1) is 15.6. The van der Waals surface area contributed by atoms with Gasteiger partial charge in [0.15, 0.2) is 0 Å². The van der Waals surface area contributed by atoms with Gasteiger partial charge in [-0.1, -0.05) is 6.92 Å². The number of sulfonamides is 1. The van der Waals surface area contributed by atoms with E-state index in [9.17, 15) is 8.42 Å². The minimum atomic E-state index is -3.48. The van der Waals surface area contributed by atoms with Crippen molar-refractivity contribution in [3.05, 3.63) is 33.6 Å². The molecule has 8 heteroatoms. The van der Waals surface area contributed by atoms with Crippen molar-refractivity contribution in [3.8, 4) is 0 Å². The van der Waals surface area contributed by atoms with Gasteiger partial charge in [0.25, 0.3) is 0 Å². The van der Waals surface area contributed by atoms with Gasteiger partial charge >= 0.3 is 0 Å². The Morgan fingerprint density at radius 2 is 2.25 bits per heavy atom. The third-order valence-electron chi connectivity index (χ3n) is 2.71. The second kappa shape index (κ2) is 6.77. The summed E-state index contributed by atoms with van der Waals surface area (Å²) in [6.45, 7) is 2.28. The highest BCUT2D eigenvalue weighted by Crippen LogP contribution is 2.23. The lowest BCUT2D eigenvalue weighted by Crippen LogP contribution is -2.27. The smallest absolute Gasteiger partial charge is 0.250 e. The minimum Gasteiger partial charge on any atom is -0.396 e. The van der Waals surface area contributed by atoms with Crippen LogP contribution in [0.3, 0.4) is 0 Å². The van der Waals surface area contributed by atoms with E-state index in [-0.39, 0.29) is 16.7 Å². The van der Waals surface area contributed by atoms with Gasteiger partial charge in [0.2, 0.25) is 10.0 Å². The Hall–Kier alpha value is -0.800. The number of thiazole rings is 1. The molecule has 0 saturated heterocycles. The van der Waals surface area contributed by atoms with Crippen molar-refractivity contribution in [2.45, 2.75) is 23.5 Å². The van der Waals surface area contributed by atoms with Gasteiger partial charge in [0.05, 0.1) is 5.01 Å². The first-order valence-corrected chi connectivity index (χ1v) is 9.29. The maximum Gasteiger partial charge on any atom is 0.250 e. The van der Waals surface area contributed by atoms with Crippen LogP contribution in [0.5, 0.6) is 0 Å². The van der Waals surface area contributed by atoms with Crippen LogP contribution < -0.4 is 4.72 Å². The fourth-order valence-corrected chi connectivity index (χ4v) is 4.84. The van der Waals surface area contributed by atoms with E-state index >= 15 is 0 Å². The molecule has 1 unspecified atom stereocenters. The highest BCUT2D eigenvalue weighted by Gasteiger charge is 2.18. The van der Waals surface area contributed by atoms with Crippen molar-refractivity contribution in [1.29, 1.82) is 0 Å². The van der Waals surface area contributed by atoms with Gasteiger partial charge in [0.1, 0.15) is 4.21 Å². The summed E-state index contributed by atoms with van der Waals surface area (Å²) in [5.41, 5.74) is 0. The summed E-state index contributed by atoms with van der Waals surface area (Å²) in [6, 6.07) is 3.31. The lowest BCUT2D eigenvalue weighted by Gasteiger charge is -2.09. The maximum atomic E-state index is 12.1. The van der Waals surface area contributed by atoms with E-state index in [1.165, 1.54) is 22.7 Å². The highest BCUT2D eigenvalue weighted by atomic mass is 32.2. The Balaban J connectivity index is 1.99. The zero-order valence-electron chi connectivity index (χ0n) is 10.9. The van der Waals surface area contributed by atoms with Crippen LogP contribution >= 0.6 is 22.7 Å². The number of nitrogens with one attached hydrogen (secondary N) is 1. The first-order chi connectivity index (χ1) is 9.53. The van der Waals surface area contributed by atoms with Gasteiger partial charge in [0, 0.05) is 41.9 Å². The van der Waals surface area contributed by atoms with Crippen LogP contribution in [0.1, 0.15) is 22.7 Å². The molecular weight excluding hydrogens is 316 g/mol. The number of aromatic nitrogens is 1. The van der Waals surface area contributed by atoms with Crippen molar-refractivity contribution in [2.75, 3.05) is 13.2 Å². The maximum absolute atomic E-state index is 12.1. The molecule has 1 atom stereocenters. The Morgan fingerprint density at radius 3 is 2.90 bits per heavy atom. The average molecular weight is 332 g/mol. The summed E-state index contributed by atoms with van der Waals surface area (Å²) in [4.78, 5) is 5.04. The quantitative estimate of drug-likeness (QED) is 0.810. The molecule has 0 aliphatic heterocycles. The Labute approximate surface area is 126 Å². The fraction of sp³-hybridized carbons (Fsp3) is 0.417. The number of nitrogens with zero attached hydrogens (tertiary/aromatic N) is 1. The number of hydrogen-bond acceptors (Lipinski definition) is 6. The molecule has 2 aromatic rings. The van der Waals surface area contributed by atoms with E-state index in [0.717, 1.165) is 9.88 Å². The van der Waals surface area contributed by atoms with Crippen LogP contribution in [0, 0.1) is 0 Å². The molecule has 0 saturated carbocycles. The number of aliphatic hydroxyl groups excluding tert-OH is 1. The molecule has 2 aromatic heterocycles. The van der Waals surface area contributed by atoms with Crippen LogP contribution in [-0.4, -0.2) is 31.7 Å². The number of thiophene rings is 1. The Morgan fingerprint density at radius 1 is 1.45 bits per heavy atom. The minimum absolute atomic E-state index is 0.0223. The van der Waals surface area contributed by atoms with Crippen LogP contribution in [0.25, 0.3) is 0 Å². The van der Waals surface area contributed by atoms with Gasteiger partial charge in [-0.05, 0) is 12.1 Å². The van der Waals surface area contributed by atoms with E-state index in [1.807, 2.05) is 12.3 Å². The largest absolute Gasteiger partial charge is 0.396 e. The van der Waals surface area contributed by atoms with Crippen molar-refractivity contribution >= 4 is 32.7 Å². The lowest BCUT2D eigenvalue weighted by molar-refractivity contribution is 0.300. The third-order valence-corrected chi connectivity index (χ3v) is 6.78. The zero-order valence-corrected chi connectivity index (χ0v) is 13.4. The fourth-order valence-electron chi connectivity index (χ4n) is 1.62. The van der Waals surface area contributed by atoms with Crippen LogP contribution in [0.2, 0.25) is 0 Å². The molecule has 0 amide bonds. The number of hydrogen-bond donors (Lipinski definition) is 2. The predicted molar refractivity (Wildman–Crippen MR) is 80.8 cm³/mol. The van der Waals surface area contributed by atoms with Crippen molar-refractivity contribution in [2.24, 2.45) is 0 Å². The molecule has 5 nitrogen and oxygen atoms in total. The molecule has 0 aliphatic rings. The van der Waals surface area contributed by atoms with Gasteiger partial charge in [-0.3, -0.25) is 0 Å². The summed E-state index contributed by atoms with van der Waals surface area (Å²) >= 11 is 2.71. The molecule has 0 radical (unpaired) electrons. The second-order valence-electron chi connectivity index (χ2n) is 4.32. The van der Waals surface area contributed by atoms with Crippen LogP contribution in [-0.2, 0) is 16.4 Å². The van der Waals surface area contributed by atoms with E-state index in [2.05, 4.69) is 9.71 Å². The normalized spacial score (nSPS) is 13.5. The number of aliphatic hydroxyl groups is 1. The van der Waals surface area contributed by atoms with Gasteiger partial charge < -0.3 is 5.11 Å². The van der Waals surface area contributed by atoms with E-state index in [1.54, 1.807) is 18.3 Å². The lowest BCUT2D eigenvalue weighted by atomic mass is 10.2. The molecule has 20 heavy (non-hydrogen) atoms. The monoisotopic (exact) mass is 332 g/mol. The highest BCUT2D eigenvalue weighted by molar-refractivity contribution is 7.91. The summed E-state index contributed by atoms with van der Waals surface area (Å²) in [5.74, 6) is 0.0432. The summed E-state index contributed by atoms with van der Waals surface area (Å²) in [5, 5.41) is 11.6. The standard InChI is InChI=1S/C12H16N2O3S3/c1-9(12-13-5-7-18-12)8-14-20(16,17)11-3-2-10(19-11)4-6-15/h2-3,5,7,9,14-15H,4,6,8H2,1H3. The van der Waals surface area contributed by atoms with Crippen molar-refractivity contribution in [3.63, 3.8) is 0 Å². The number of rotatable bonds is 7. The molecule has 0 spiro atoms. The molecule has 110 valence electrons. The molecule has 2 rings (SSSR count). The third kappa shape index (κ3) is 3.86. The Bertz CT molecular complexity index is 635. The topological polar surface area (TPSA) is 79.3 Å². The molecule has 0 aromatic carbocycles. The SMILES string of the molecule is CC(CNS(=O)(=O)c1ccc(CCO)s1)c1nccs1. The van der Waals surface area contributed by atoms with Gasteiger partial charge in [-0.2, -0.15) is 0 Å². The average Bonchev–Trinajstić information content (AvgIpc) is 3.07. The summed E-state index contributed by atoms with van der Waals surface area (Å²) in [6.07, 6.45) is 2.20. The van der Waals surface area contributed by atoms with E-state index < -0.39 is 10.0 Å². The molecule has 0 bridgehead atoms. The predicted octanol–water partition coefficient (Wildman–Crippen LogP) is 1.82.